The number of anilines is 1. The Morgan fingerprint density at radius 3 is 2.50 bits per heavy atom. The third-order valence-corrected chi connectivity index (χ3v) is 6.81. The largest absolute Gasteiger partial charge is 0.416 e. The number of pyridine rings is 1. The molecule has 1 aliphatic heterocycles. The van der Waals surface area contributed by atoms with Crippen molar-refractivity contribution < 1.29 is 18.0 Å². The lowest BCUT2D eigenvalue weighted by Gasteiger charge is -2.36. The van der Waals surface area contributed by atoms with Gasteiger partial charge in [0.15, 0.2) is 0 Å². The third-order valence-electron chi connectivity index (χ3n) is 5.78. The van der Waals surface area contributed by atoms with E-state index in [1.807, 2.05) is 36.1 Å². The van der Waals surface area contributed by atoms with Crippen LogP contribution in [0.2, 0.25) is 0 Å². The molecular formula is C24H20F3N3OS. The molecule has 3 heterocycles. The van der Waals surface area contributed by atoms with Crippen LogP contribution in [-0.2, 0) is 6.18 Å². The van der Waals surface area contributed by atoms with E-state index < -0.39 is 11.7 Å². The first-order valence-electron chi connectivity index (χ1n) is 10.3. The summed E-state index contributed by atoms with van der Waals surface area (Å²) in [5.41, 5.74) is 1.91. The number of aromatic nitrogens is 1. The molecule has 1 fully saturated rings. The van der Waals surface area contributed by atoms with Crippen LogP contribution >= 0.6 is 11.3 Å². The van der Waals surface area contributed by atoms with Crippen molar-refractivity contribution >= 4 is 44.1 Å². The number of carbonyl (C=O) groups is 1. The summed E-state index contributed by atoms with van der Waals surface area (Å²) in [6, 6.07) is 15.4. The van der Waals surface area contributed by atoms with Crippen LogP contribution in [0.15, 0.2) is 54.6 Å². The van der Waals surface area contributed by atoms with Gasteiger partial charge in [0.25, 0.3) is 5.91 Å². The highest BCUT2D eigenvalue weighted by Gasteiger charge is 2.31. The number of alkyl halides is 3. The minimum atomic E-state index is -4.37. The second kappa shape index (κ2) is 7.78. The van der Waals surface area contributed by atoms with Gasteiger partial charge >= 0.3 is 6.18 Å². The fraction of sp³-hybridized carbons (Fsp3) is 0.250. The average Bonchev–Trinajstić information content (AvgIpc) is 3.19. The van der Waals surface area contributed by atoms with Crippen LogP contribution < -0.4 is 4.90 Å². The summed E-state index contributed by atoms with van der Waals surface area (Å²) >= 11 is 1.38. The van der Waals surface area contributed by atoms with Crippen LogP contribution in [0.1, 0.15) is 20.8 Å². The molecule has 1 saturated heterocycles. The Bertz CT molecular complexity index is 1320. The molecule has 0 spiro atoms. The maximum absolute atomic E-state index is 13.1. The second-order valence-corrected chi connectivity index (χ2v) is 9.05. The average molecular weight is 456 g/mol. The van der Waals surface area contributed by atoms with E-state index in [1.54, 1.807) is 11.0 Å². The summed E-state index contributed by atoms with van der Waals surface area (Å²) in [4.78, 5) is 22.9. The van der Waals surface area contributed by atoms with Gasteiger partial charge in [-0.25, -0.2) is 4.98 Å². The second-order valence-electron chi connectivity index (χ2n) is 8.02. The third kappa shape index (κ3) is 3.90. The predicted molar refractivity (Wildman–Crippen MR) is 121 cm³/mol. The molecule has 0 N–H and O–H groups in total. The molecule has 0 atom stereocenters. The van der Waals surface area contributed by atoms with Crippen molar-refractivity contribution in [2.75, 3.05) is 31.1 Å². The Kier molecular flexibility index (Phi) is 5.04. The maximum atomic E-state index is 13.1. The first-order chi connectivity index (χ1) is 15.3. The van der Waals surface area contributed by atoms with Crippen LogP contribution in [-0.4, -0.2) is 42.0 Å². The molecule has 1 aliphatic rings. The van der Waals surface area contributed by atoms with E-state index in [4.69, 9.17) is 4.98 Å². The molecule has 8 heteroatoms. The molecule has 0 aliphatic carbocycles. The Morgan fingerprint density at radius 1 is 0.969 bits per heavy atom. The maximum Gasteiger partial charge on any atom is 0.416 e. The van der Waals surface area contributed by atoms with Gasteiger partial charge in [-0.1, -0.05) is 18.2 Å². The molecule has 0 radical (unpaired) electrons. The van der Waals surface area contributed by atoms with Crippen molar-refractivity contribution in [1.82, 2.24) is 9.88 Å². The fourth-order valence-electron chi connectivity index (χ4n) is 4.04. The summed E-state index contributed by atoms with van der Waals surface area (Å²) in [7, 11) is 0. The topological polar surface area (TPSA) is 36.4 Å². The molecular weight excluding hydrogens is 435 g/mol. The molecule has 2 aromatic carbocycles. The molecule has 0 unspecified atom stereocenters. The molecule has 1 amide bonds. The standard InChI is InChI=1S/C24H20F3N3OS/c1-15-5-6-16-12-17-13-21(32-22(17)28-20(16)11-15)23(31)30-9-7-29(8-10-30)19-4-2-3-18(14-19)24(25,26)27/h2-6,11-14H,7-10H2,1H3. The number of benzene rings is 2. The molecule has 4 aromatic rings. The molecule has 32 heavy (non-hydrogen) atoms. The number of carbonyl (C=O) groups excluding carboxylic acids is 1. The van der Waals surface area contributed by atoms with E-state index in [0.717, 1.165) is 32.7 Å². The number of amides is 1. The van der Waals surface area contributed by atoms with Crippen molar-refractivity contribution in [2.24, 2.45) is 0 Å². The van der Waals surface area contributed by atoms with Crippen LogP contribution in [0, 0.1) is 6.92 Å². The smallest absolute Gasteiger partial charge is 0.368 e. The Balaban J connectivity index is 1.32. The zero-order valence-electron chi connectivity index (χ0n) is 17.3. The van der Waals surface area contributed by atoms with Gasteiger partial charge in [-0.15, -0.1) is 11.3 Å². The number of nitrogens with zero attached hydrogens (tertiary/aromatic N) is 3. The SMILES string of the molecule is Cc1ccc2cc3cc(C(=O)N4CCN(c5cccc(C(F)(F)F)c5)CC4)sc3nc2c1. The number of rotatable bonds is 2. The minimum absolute atomic E-state index is 0.0584. The quantitative estimate of drug-likeness (QED) is 0.387. The van der Waals surface area contributed by atoms with E-state index in [2.05, 4.69) is 6.07 Å². The highest BCUT2D eigenvalue weighted by atomic mass is 32.1. The first kappa shape index (κ1) is 20.8. The van der Waals surface area contributed by atoms with Crippen LogP contribution in [0.25, 0.3) is 21.1 Å². The lowest BCUT2D eigenvalue weighted by molar-refractivity contribution is -0.137. The fourth-order valence-corrected chi connectivity index (χ4v) is 5.03. The van der Waals surface area contributed by atoms with E-state index in [9.17, 15) is 18.0 Å². The lowest BCUT2D eigenvalue weighted by Crippen LogP contribution is -2.48. The van der Waals surface area contributed by atoms with Crippen molar-refractivity contribution in [1.29, 1.82) is 0 Å². The molecule has 0 bridgehead atoms. The van der Waals surface area contributed by atoms with E-state index in [-0.39, 0.29) is 5.91 Å². The van der Waals surface area contributed by atoms with Crippen LogP contribution in [0.4, 0.5) is 18.9 Å². The Hall–Kier alpha value is -3.13. The highest BCUT2D eigenvalue weighted by Crippen LogP contribution is 2.32. The van der Waals surface area contributed by atoms with Crippen molar-refractivity contribution in [3.63, 3.8) is 0 Å². The number of aryl methyl sites for hydroxylation is 1. The van der Waals surface area contributed by atoms with Gasteiger partial charge in [-0.2, -0.15) is 13.2 Å². The highest BCUT2D eigenvalue weighted by molar-refractivity contribution is 7.20. The number of thiophene rings is 1. The molecule has 5 rings (SSSR count). The Labute approximate surface area is 186 Å². The Morgan fingerprint density at radius 2 is 1.75 bits per heavy atom. The number of piperazine rings is 1. The van der Waals surface area contributed by atoms with Gasteiger partial charge < -0.3 is 9.80 Å². The molecule has 164 valence electrons. The van der Waals surface area contributed by atoms with Gasteiger partial charge in [0.1, 0.15) is 4.83 Å². The first-order valence-corrected chi connectivity index (χ1v) is 11.1. The van der Waals surface area contributed by atoms with Gasteiger partial charge in [-0.05, 0) is 48.9 Å². The summed E-state index contributed by atoms with van der Waals surface area (Å²) < 4.78 is 39.0. The predicted octanol–water partition coefficient (Wildman–Crippen LogP) is 5.74. The summed E-state index contributed by atoms with van der Waals surface area (Å²) in [6.45, 7) is 3.91. The van der Waals surface area contributed by atoms with Gasteiger partial charge in [-0.3, -0.25) is 4.79 Å². The van der Waals surface area contributed by atoms with Crippen molar-refractivity contribution in [2.45, 2.75) is 13.1 Å². The summed E-state index contributed by atoms with van der Waals surface area (Å²) in [5.74, 6) is -0.0584. The van der Waals surface area contributed by atoms with Gasteiger partial charge in [0.2, 0.25) is 0 Å². The summed E-state index contributed by atoms with van der Waals surface area (Å²) in [6.07, 6.45) is -4.37. The van der Waals surface area contributed by atoms with Gasteiger partial charge in [0, 0.05) is 42.6 Å². The molecule has 0 saturated carbocycles. The zero-order valence-corrected chi connectivity index (χ0v) is 18.1. The van der Waals surface area contributed by atoms with Gasteiger partial charge in [0.05, 0.1) is 16.0 Å². The number of halogens is 3. The number of hydrogen-bond acceptors (Lipinski definition) is 4. The molecule has 4 nitrogen and oxygen atoms in total. The zero-order chi connectivity index (χ0) is 22.5. The van der Waals surface area contributed by atoms with E-state index in [1.165, 1.54) is 23.5 Å². The lowest BCUT2D eigenvalue weighted by atomic mass is 10.1. The summed E-state index contributed by atoms with van der Waals surface area (Å²) in [5, 5.41) is 1.98. The van der Waals surface area contributed by atoms with Crippen molar-refractivity contribution in [3.05, 3.63) is 70.6 Å². The normalized spacial score (nSPS) is 15.0. The van der Waals surface area contributed by atoms with Crippen LogP contribution in [0.3, 0.4) is 0 Å². The minimum Gasteiger partial charge on any atom is -0.368 e. The van der Waals surface area contributed by atoms with Crippen LogP contribution in [0.5, 0.6) is 0 Å². The molecule has 2 aromatic heterocycles. The number of fused-ring (bicyclic) bond motifs is 2. The van der Waals surface area contributed by atoms with E-state index in [0.29, 0.717) is 36.7 Å². The monoisotopic (exact) mass is 455 g/mol. The van der Waals surface area contributed by atoms with Crippen molar-refractivity contribution in [3.8, 4) is 0 Å². The van der Waals surface area contributed by atoms with E-state index >= 15 is 0 Å². The number of hydrogen-bond donors (Lipinski definition) is 0.